The van der Waals surface area contributed by atoms with Gasteiger partial charge in [0.2, 0.25) is 15.9 Å². The molecule has 0 aliphatic heterocycles. The molecule has 0 unspecified atom stereocenters. The van der Waals surface area contributed by atoms with Crippen molar-refractivity contribution in [3.05, 3.63) is 58.6 Å². The third-order valence-corrected chi connectivity index (χ3v) is 5.55. The number of amides is 1. The van der Waals surface area contributed by atoms with Gasteiger partial charge in [0, 0.05) is 30.4 Å². The summed E-state index contributed by atoms with van der Waals surface area (Å²) in [6.45, 7) is 0.799. The van der Waals surface area contributed by atoms with Crippen LogP contribution in [0.25, 0.3) is 0 Å². The molecule has 2 aromatic rings. The first kappa shape index (κ1) is 20.6. The van der Waals surface area contributed by atoms with E-state index in [1.54, 1.807) is 19.2 Å². The molecule has 26 heavy (non-hydrogen) atoms. The van der Waals surface area contributed by atoms with Crippen molar-refractivity contribution < 1.29 is 17.9 Å². The summed E-state index contributed by atoms with van der Waals surface area (Å²) in [4.78, 5) is 12.2. The minimum Gasteiger partial charge on any atom is -0.385 e. The highest BCUT2D eigenvalue weighted by molar-refractivity contribution is 9.10. The van der Waals surface area contributed by atoms with Crippen LogP contribution in [0.4, 0.5) is 5.69 Å². The number of sulfonamides is 1. The predicted octanol–water partition coefficient (Wildman–Crippen LogP) is 2.95. The van der Waals surface area contributed by atoms with Crippen LogP contribution in [0.3, 0.4) is 0 Å². The lowest BCUT2D eigenvalue weighted by molar-refractivity contribution is -0.115. The second-order valence-electron chi connectivity index (χ2n) is 5.62. The van der Waals surface area contributed by atoms with E-state index in [9.17, 15) is 13.2 Å². The van der Waals surface area contributed by atoms with Gasteiger partial charge in [0.1, 0.15) is 0 Å². The lowest BCUT2D eigenvalue weighted by Gasteiger charge is -2.09. The number of ether oxygens (including phenoxy) is 1. The lowest BCUT2D eigenvalue weighted by atomic mass is 10.1. The fourth-order valence-electron chi connectivity index (χ4n) is 2.22. The second kappa shape index (κ2) is 9.82. The molecule has 0 aromatic heterocycles. The largest absolute Gasteiger partial charge is 0.385 e. The van der Waals surface area contributed by atoms with Crippen molar-refractivity contribution in [1.82, 2.24) is 4.72 Å². The van der Waals surface area contributed by atoms with E-state index in [0.717, 1.165) is 10.0 Å². The highest BCUT2D eigenvalue weighted by atomic mass is 79.9. The third kappa shape index (κ3) is 6.53. The normalized spacial score (nSPS) is 11.3. The standard InChI is InChI=1S/C18H21BrN2O4S/c1-25-12-2-11-20-26(23,24)17-9-7-16(8-10-17)21-18(22)13-14-3-5-15(19)6-4-14/h3-10,20H,2,11-13H2,1H3,(H,21,22). The molecule has 0 aliphatic rings. The van der Waals surface area contributed by atoms with Crippen molar-refractivity contribution >= 4 is 37.5 Å². The molecular weight excluding hydrogens is 420 g/mol. The maximum absolute atomic E-state index is 12.2. The molecule has 8 heteroatoms. The Morgan fingerprint density at radius 3 is 2.35 bits per heavy atom. The summed E-state index contributed by atoms with van der Waals surface area (Å²) in [5.74, 6) is -0.166. The van der Waals surface area contributed by atoms with Crippen LogP contribution in [0.15, 0.2) is 57.9 Å². The van der Waals surface area contributed by atoms with E-state index in [2.05, 4.69) is 26.0 Å². The molecule has 0 fully saturated rings. The first-order chi connectivity index (χ1) is 12.4. The molecule has 0 atom stereocenters. The fraction of sp³-hybridized carbons (Fsp3) is 0.278. The Kier molecular flexibility index (Phi) is 7.77. The molecule has 1 amide bonds. The monoisotopic (exact) mass is 440 g/mol. The van der Waals surface area contributed by atoms with Crippen LogP contribution in [0.2, 0.25) is 0 Å². The minimum absolute atomic E-state index is 0.154. The zero-order valence-electron chi connectivity index (χ0n) is 14.4. The lowest BCUT2D eigenvalue weighted by Crippen LogP contribution is -2.25. The van der Waals surface area contributed by atoms with Crippen LogP contribution in [0, 0.1) is 0 Å². The number of halogens is 1. The van der Waals surface area contributed by atoms with Crippen LogP contribution >= 0.6 is 15.9 Å². The fourth-order valence-corrected chi connectivity index (χ4v) is 3.56. The summed E-state index contributed by atoms with van der Waals surface area (Å²) in [5.41, 5.74) is 1.44. The van der Waals surface area contributed by atoms with Gasteiger partial charge in [0.05, 0.1) is 11.3 Å². The van der Waals surface area contributed by atoms with Gasteiger partial charge in [0.15, 0.2) is 0 Å². The van der Waals surface area contributed by atoms with Crippen LogP contribution < -0.4 is 10.0 Å². The zero-order chi connectivity index (χ0) is 19.0. The van der Waals surface area contributed by atoms with Gasteiger partial charge in [-0.2, -0.15) is 0 Å². The third-order valence-electron chi connectivity index (χ3n) is 3.54. The molecule has 6 nitrogen and oxygen atoms in total. The van der Waals surface area contributed by atoms with Gasteiger partial charge in [-0.1, -0.05) is 28.1 Å². The Bertz CT molecular complexity index is 821. The van der Waals surface area contributed by atoms with Crippen LogP contribution in [0.1, 0.15) is 12.0 Å². The molecule has 0 spiro atoms. The van der Waals surface area contributed by atoms with Crippen LogP contribution in [-0.4, -0.2) is 34.6 Å². The van der Waals surface area contributed by atoms with Gasteiger partial charge in [-0.05, 0) is 48.4 Å². The van der Waals surface area contributed by atoms with Crippen molar-refractivity contribution in [1.29, 1.82) is 0 Å². The molecule has 140 valence electrons. The van der Waals surface area contributed by atoms with Gasteiger partial charge in [-0.15, -0.1) is 0 Å². The molecule has 0 aliphatic carbocycles. The predicted molar refractivity (Wildman–Crippen MR) is 105 cm³/mol. The highest BCUT2D eigenvalue weighted by Crippen LogP contribution is 2.15. The van der Waals surface area contributed by atoms with Crippen molar-refractivity contribution in [3.8, 4) is 0 Å². The Morgan fingerprint density at radius 1 is 1.08 bits per heavy atom. The summed E-state index contributed by atoms with van der Waals surface area (Å²) >= 11 is 3.35. The van der Waals surface area contributed by atoms with Crippen molar-refractivity contribution in [2.24, 2.45) is 0 Å². The van der Waals surface area contributed by atoms with Gasteiger partial charge in [-0.25, -0.2) is 13.1 Å². The number of carbonyl (C=O) groups excluding carboxylic acids is 1. The number of methoxy groups -OCH3 is 1. The molecule has 0 bridgehead atoms. The zero-order valence-corrected chi connectivity index (χ0v) is 16.8. The number of hydrogen-bond donors (Lipinski definition) is 2. The summed E-state index contributed by atoms with van der Waals surface area (Å²) in [6, 6.07) is 13.6. The van der Waals surface area contributed by atoms with Crippen molar-refractivity contribution in [3.63, 3.8) is 0 Å². The Labute approximate surface area is 162 Å². The van der Waals surface area contributed by atoms with Crippen LogP contribution in [0.5, 0.6) is 0 Å². The molecule has 2 N–H and O–H groups in total. The SMILES string of the molecule is COCCCNS(=O)(=O)c1ccc(NC(=O)Cc2ccc(Br)cc2)cc1. The van der Waals surface area contributed by atoms with Gasteiger partial charge in [0.25, 0.3) is 0 Å². The van der Waals surface area contributed by atoms with Crippen molar-refractivity contribution in [2.75, 3.05) is 25.6 Å². The molecular formula is C18H21BrN2O4S. The maximum Gasteiger partial charge on any atom is 0.240 e. The average molecular weight is 441 g/mol. The van der Waals surface area contributed by atoms with E-state index in [1.165, 1.54) is 12.1 Å². The van der Waals surface area contributed by atoms with E-state index < -0.39 is 10.0 Å². The van der Waals surface area contributed by atoms with Gasteiger partial charge < -0.3 is 10.1 Å². The number of hydrogen-bond acceptors (Lipinski definition) is 4. The smallest absolute Gasteiger partial charge is 0.240 e. The first-order valence-corrected chi connectivity index (χ1v) is 10.3. The van der Waals surface area contributed by atoms with Crippen molar-refractivity contribution in [2.45, 2.75) is 17.7 Å². The second-order valence-corrected chi connectivity index (χ2v) is 8.30. The molecule has 0 saturated carbocycles. The van der Waals surface area contributed by atoms with Gasteiger partial charge >= 0.3 is 0 Å². The Morgan fingerprint density at radius 2 is 1.73 bits per heavy atom. The van der Waals surface area contributed by atoms with Gasteiger partial charge in [-0.3, -0.25) is 4.79 Å². The summed E-state index contributed by atoms with van der Waals surface area (Å²) in [7, 11) is -1.99. The van der Waals surface area contributed by atoms with E-state index >= 15 is 0 Å². The number of rotatable bonds is 9. The molecule has 2 rings (SSSR count). The highest BCUT2D eigenvalue weighted by Gasteiger charge is 2.13. The van der Waals surface area contributed by atoms with Crippen LogP contribution in [-0.2, 0) is 26.0 Å². The Hall–Kier alpha value is -1.74. The summed E-state index contributed by atoms with van der Waals surface area (Å²) < 4.78 is 32.7. The van der Waals surface area contributed by atoms with E-state index in [1.807, 2.05) is 24.3 Å². The number of nitrogens with one attached hydrogen (secondary N) is 2. The number of anilines is 1. The maximum atomic E-state index is 12.2. The number of carbonyl (C=O) groups is 1. The van der Waals surface area contributed by atoms with E-state index in [0.29, 0.717) is 25.3 Å². The average Bonchev–Trinajstić information content (AvgIpc) is 2.61. The van der Waals surface area contributed by atoms with E-state index in [-0.39, 0.29) is 17.2 Å². The molecule has 0 heterocycles. The number of benzene rings is 2. The molecule has 0 radical (unpaired) electrons. The quantitative estimate of drug-likeness (QED) is 0.587. The summed E-state index contributed by atoms with van der Waals surface area (Å²) in [5, 5.41) is 2.76. The topological polar surface area (TPSA) is 84.5 Å². The Balaban J connectivity index is 1.91. The molecule has 0 saturated heterocycles. The summed E-state index contributed by atoms with van der Waals surface area (Å²) in [6.07, 6.45) is 0.842. The molecule has 2 aromatic carbocycles. The minimum atomic E-state index is -3.56. The first-order valence-electron chi connectivity index (χ1n) is 8.04. The van der Waals surface area contributed by atoms with E-state index in [4.69, 9.17) is 4.74 Å².